The van der Waals surface area contributed by atoms with Crippen LogP contribution < -0.4 is 10.1 Å². The van der Waals surface area contributed by atoms with Crippen molar-refractivity contribution < 1.29 is 13.9 Å². The molecule has 0 unspecified atom stereocenters. The third kappa shape index (κ3) is 4.52. The fourth-order valence-electron chi connectivity index (χ4n) is 3.94. The minimum atomic E-state index is -0.311. The van der Waals surface area contributed by atoms with Gasteiger partial charge in [0.25, 0.3) is 5.91 Å². The highest BCUT2D eigenvalue weighted by atomic mass is 19.1. The lowest BCUT2D eigenvalue weighted by Gasteiger charge is -2.13. The number of fused-ring (bicyclic) bond motifs is 1. The molecule has 0 fully saturated rings. The highest BCUT2D eigenvalue weighted by Crippen LogP contribution is 2.35. The molecular weight excluding hydrogens is 429 g/mol. The fraction of sp³-hybridized carbons (Fsp3) is 0.0714. The van der Waals surface area contributed by atoms with E-state index in [2.05, 4.69) is 10.3 Å². The zero-order chi connectivity index (χ0) is 23.3. The monoisotopic (exact) mass is 451 g/mol. The standard InChI is InChI=1S/C28H22FN3O2/c29-22-14-12-20(13-15-22)18-32-25-11-5-4-10-24(25)27(34-19-21-7-2-1-3-8-21)26(32)28(33)31-23-9-6-16-30-17-23/h1-17H,18-19H2,(H,31,33). The molecule has 0 saturated carbocycles. The van der Waals surface area contributed by atoms with E-state index in [0.717, 1.165) is 22.0 Å². The lowest BCUT2D eigenvalue weighted by Crippen LogP contribution is -2.19. The number of hydrogen-bond donors (Lipinski definition) is 1. The molecule has 0 aliphatic heterocycles. The maximum absolute atomic E-state index is 13.6. The number of carbonyl (C=O) groups is 1. The predicted molar refractivity (Wildman–Crippen MR) is 130 cm³/mol. The van der Waals surface area contributed by atoms with Crippen molar-refractivity contribution in [1.29, 1.82) is 0 Å². The van der Waals surface area contributed by atoms with E-state index < -0.39 is 0 Å². The first-order valence-electron chi connectivity index (χ1n) is 10.9. The number of nitrogens with zero attached hydrogens (tertiary/aromatic N) is 2. The van der Waals surface area contributed by atoms with E-state index in [1.807, 2.05) is 59.2 Å². The Morgan fingerprint density at radius 2 is 1.65 bits per heavy atom. The average molecular weight is 452 g/mol. The Labute approximate surface area is 196 Å². The average Bonchev–Trinajstić information content (AvgIpc) is 3.18. The number of para-hydroxylation sites is 1. The summed E-state index contributed by atoms with van der Waals surface area (Å²) in [7, 11) is 0. The third-order valence-electron chi connectivity index (χ3n) is 5.54. The Hall–Kier alpha value is -4.45. The van der Waals surface area contributed by atoms with Gasteiger partial charge in [0.2, 0.25) is 0 Å². The van der Waals surface area contributed by atoms with Gasteiger partial charge in [-0.15, -0.1) is 0 Å². The molecule has 1 N–H and O–H groups in total. The number of benzene rings is 3. The lowest BCUT2D eigenvalue weighted by atomic mass is 10.2. The maximum atomic E-state index is 13.6. The summed E-state index contributed by atoms with van der Waals surface area (Å²) in [6.45, 7) is 0.698. The molecule has 6 heteroatoms. The van der Waals surface area contributed by atoms with Gasteiger partial charge in [0, 0.05) is 18.1 Å². The van der Waals surface area contributed by atoms with Crippen LogP contribution in [0, 0.1) is 5.82 Å². The number of aromatic nitrogens is 2. The molecule has 34 heavy (non-hydrogen) atoms. The van der Waals surface area contributed by atoms with Crippen molar-refractivity contribution in [3.8, 4) is 5.75 Å². The molecule has 0 aliphatic rings. The van der Waals surface area contributed by atoms with Gasteiger partial charge in [-0.05, 0) is 47.5 Å². The van der Waals surface area contributed by atoms with Crippen molar-refractivity contribution in [2.75, 3.05) is 5.32 Å². The highest BCUT2D eigenvalue weighted by molar-refractivity contribution is 6.10. The SMILES string of the molecule is O=C(Nc1cccnc1)c1c(OCc2ccccc2)c2ccccc2n1Cc1ccc(F)cc1. The quantitative estimate of drug-likeness (QED) is 0.327. The van der Waals surface area contributed by atoms with Crippen LogP contribution in [0.5, 0.6) is 5.75 Å². The van der Waals surface area contributed by atoms with E-state index in [1.54, 1.807) is 36.7 Å². The molecule has 0 bridgehead atoms. The second-order valence-corrected chi connectivity index (χ2v) is 7.88. The number of anilines is 1. The number of halogens is 1. The summed E-state index contributed by atoms with van der Waals surface area (Å²) >= 11 is 0. The summed E-state index contributed by atoms with van der Waals surface area (Å²) in [4.78, 5) is 17.7. The van der Waals surface area contributed by atoms with E-state index >= 15 is 0 Å². The van der Waals surface area contributed by atoms with E-state index in [0.29, 0.717) is 30.3 Å². The molecule has 0 saturated heterocycles. The molecule has 5 rings (SSSR count). The molecule has 5 aromatic rings. The van der Waals surface area contributed by atoms with Crippen LogP contribution in [0.15, 0.2) is 103 Å². The zero-order valence-electron chi connectivity index (χ0n) is 18.3. The zero-order valence-corrected chi connectivity index (χ0v) is 18.3. The van der Waals surface area contributed by atoms with E-state index in [-0.39, 0.29) is 11.7 Å². The van der Waals surface area contributed by atoms with Crippen LogP contribution in [0.1, 0.15) is 21.6 Å². The van der Waals surface area contributed by atoms with Gasteiger partial charge in [-0.3, -0.25) is 9.78 Å². The molecule has 3 aromatic carbocycles. The second-order valence-electron chi connectivity index (χ2n) is 7.88. The van der Waals surface area contributed by atoms with Gasteiger partial charge in [-0.2, -0.15) is 0 Å². The van der Waals surface area contributed by atoms with Crippen molar-refractivity contribution in [3.05, 3.63) is 126 Å². The van der Waals surface area contributed by atoms with Crippen LogP contribution in [0.3, 0.4) is 0 Å². The number of nitrogens with one attached hydrogen (secondary N) is 1. The molecule has 2 heterocycles. The summed E-state index contributed by atoms with van der Waals surface area (Å²) < 4.78 is 21.7. The van der Waals surface area contributed by atoms with Crippen LogP contribution in [0.2, 0.25) is 0 Å². The summed E-state index contributed by atoms with van der Waals surface area (Å²) in [6.07, 6.45) is 3.24. The fourth-order valence-corrected chi connectivity index (χ4v) is 3.94. The van der Waals surface area contributed by atoms with Crippen LogP contribution in [0.25, 0.3) is 10.9 Å². The molecule has 0 radical (unpaired) electrons. The van der Waals surface area contributed by atoms with E-state index in [9.17, 15) is 9.18 Å². The van der Waals surface area contributed by atoms with Crippen LogP contribution >= 0.6 is 0 Å². The molecular formula is C28H22FN3O2. The number of ether oxygens (including phenoxy) is 1. The van der Waals surface area contributed by atoms with Crippen LogP contribution in [0.4, 0.5) is 10.1 Å². The summed E-state index contributed by atoms with van der Waals surface area (Å²) in [6, 6.07) is 27.4. The number of amides is 1. The number of rotatable bonds is 7. The largest absolute Gasteiger partial charge is 0.486 e. The molecule has 0 aliphatic carbocycles. The van der Waals surface area contributed by atoms with Gasteiger partial charge in [-0.1, -0.05) is 54.6 Å². The van der Waals surface area contributed by atoms with Gasteiger partial charge in [-0.25, -0.2) is 4.39 Å². The van der Waals surface area contributed by atoms with Gasteiger partial charge in [0.1, 0.15) is 12.4 Å². The lowest BCUT2D eigenvalue weighted by molar-refractivity contribution is 0.101. The molecule has 0 atom stereocenters. The Balaban J connectivity index is 1.61. The van der Waals surface area contributed by atoms with Crippen LogP contribution in [-0.4, -0.2) is 15.5 Å². The van der Waals surface area contributed by atoms with Gasteiger partial charge < -0.3 is 14.6 Å². The minimum absolute atomic E-state index is 0.303. The van der Waals surface area contributed by atoms with Crippen molar-refractivity contribution in [1.82, 2.24) is 9.55 Å². The van der Waals surface area contributed by atoms with Crippen LogP contribution in [-0.2, 0) is 13.2 Å². The summed E-state index contributed by atoms with van der Waals surface area (Å²) in [5.74, 6) is -0.111. The molecule has 5 nitrogen and oxygen atoms in total. The normalized spacial score (nSPS) is 10.9. The van der Waals surface area contributed by atoms with Crippen molar-refractivity contribution in [2.45, 2.75) is 13.2 Å². The van der Waals surface area contributed by atoms with Crippen molar-refractivity contribution in [2.24, 2.45) is 0 Å². The third-order valence-corrected chi connectivity index (χ3v) is 5.54. The Kier molecular flexibility index (Phi) is 6.03. The molecule has 1 amide bonds. The van der Waals surface area contributed by atoms with Gasteiger partial charge >= 0.3 is 0 Å². The first-order chi connectivity index (χ1) is 16.7. The Morgan fingerprint density at radius 1 is 0.882 bits per heavy atom. The summed E-state index contributed by atoms with van der Waals surface area (Å²) in [5.41, 5.74) is 3.69. The van der Waals surface area contributed by atoms with E-state index in [1.165, 1.54) is 12.1 Å². The van der Waals surface area contributed by atoms with Crippen molar-refractivity contribution in [3.63, 3.8) is 0 Å². The molecule has 168 valence electrons. The second kappa shape index (κ2) is 9.58. The number of carbonyl (C=O) groups excluding carboxylic acids is 1. The Morgan fingerprint density at radius 3 is 2.41 bits per heavy atom. The first kappa shape index (κ1) is 21.4. The maximum Gasteiger partial charge on any atom is 0.276 e. The topological polar surface area (TPSA) is 56.1 Å². The smallest absolute Gasteiger partial charge is 0.276 e. The first-order valence-corrected chi connectivity index (χ1v) is 10.9. The molecule has 0 spiro atoms. The minimum Gasteiger partial charge on any atom is -0.486 e. The Bertz CT molecular complexity index is 1420. The highest BCUT2D eigenvalue weighted by Gasteiger charge is 2.25. The van der Waals surface area contributed by atoms with Gasteiger partial charge in [0.05, 0.1) is 17.4 Å². The number of hydrogen-bond acceptors (Lipinski definition) is 3. The van der Waals surface area contributed by atoms with Gasteiger partial charge in [0.15, 0.2) is 11.4 Å². The number of pyridine rings is 1. The predicted octanol–water partition coefficient (Wildman–Crippen LogP) is 6.06. The molecule has 2 aromatic heterocycles. The van der Waals surface area contributed by atoms with Crippen molar-refractivity contribution >= 4 is 22.5 Å². The van der Waals surface area contributed by atoms with E-state index in [4.69, 9.17) is 4.74 Å². The summed E-state index contributed by atoms with van der Waals surface area (Å²) in [5, 5.41) is 3.76.